The van der Waals surface area contributed by atoms with Gasteiger partial charge in [-0.2, -0.15) is 0 Å². The number of nitrogens with one attached hydrogen (secondary N) is 1. The van der Waals surface area contributed by atoms with Gasteiger partial charge in [0.15, 0.2) is 0 Å². The molecule has 0 fully saturated rings. The number of amides is 1. The summed E-state index contributed by atoms with van der Waals surface area (Å²) in [5.41, 5.74) is 0. The maximum absolute atomic E-state index is 11.0. The van der Waals surface area contributed by atoms with E-state index in [-0.39, 0.29) is 5.91 Å². The molecule has 0 unspecified atom stereocenters. The monoisotopic (exact) mass is 231 g/mol. The van der Waals surface area contributed by atoms with Crippen LogP contribution in [0.5, 0.6) is 0 Å². The molecule has 0 aromatic rings. The Labute approximate surface area is 103 Å². The van der Waals surface area contributed by atoms with E-state index in [1.54, 1.807) is 0 Å². The number of carbonyl (C=O) groups excluding carboxylic acids is 1. The van der Waals surface area contributed by atoms with Crippen LogP contribution in [0.1, 0.15) is 80.1 Å². The van der Waals surface area contributed by atoms with Gasteiger partial charge in [-0.25, -0.2) is 0 Å². The molecule has 0 radical (unpaired) electrons. The minimum Gasteiger partial charge on any atom is -0.356 e. The predicted octanol–water partition coefficient (Wildman–Crippen LogP) is 4.54. The highest BCUT2D eigenvalue weighted by atomic mass is 16.1. The van der Waals surface area contributed by atoms with Gasteiger partial charge in [0.1, 0.15) is 0 Å². The fraction of sp³-hybridized carbons (Fsp3) is 0.929. The van der Waals surface area contributed by atoms with Crippen LogP contribution < -0.4 is 5.32 Å². The summed E-state index contributed by atoms with van der Waals surface area (Å²) in [6, 6.07) is 0. The van der Waals surface area contributed by atoms with E-state index in [9.17, 15) is 4.79 Å². The molecule has 0 bridgehead atoms. The molecule has 1 amide bonds. The predicted molar refractivity (Wildman–Crippen MR) is 74.8 cm³/mol. The molecule has 0 saturated carbocycles. The van der Waals surface area contributed by atoms with Gasteiger partial charge in [0, 0.05) is 13.0 Å². The minimum absolute atomic E-state index is 0.203. The average molecular weight is 231 g/mol. The maximum atomic E-state index is 11.0. The lowest BCUT2D eigenvalue weighted by atomic mass is 10.1. The van der Waals surface area contributed by atoms with Crippen LogP contribution in [0.15, 0.2) is 0 Å². The largest absolute Gasteiger partial charge is 0.356 e. The number of hydrogen-bond acceptors (Lipinski definition) is 1. The highest BCUT2D eigenvalue weighted by molar-refractivity contribution is 5.75. The number of carbonyl (C=O) groups is 1. The van der Waals surface area contributed by atoms with E-state index >= 15 is 0 Å². The van der Waals surface area contributed by atoms with Crippen molar-refractivity contribution < 1.29 is 4.79 Å². The lowest BCUT2D eigenvalue weighted by molar-refractivity contribution is -0.121. The van der Waals surface area contributed by atoms with E-state index in [2.05, 4.69) is 12.2 Å². The fourth-order valence-corrected chi connectivity index (χ4v) is 1.17. The summed E-state index contributed by atoms with van der Waals surface area (Å²) in [5, 5.41) is 2.80. The van der Waals surface area contributed by atoms with Crippen molar-refractivity contribution >= 4 is 5.91 Å². The van der Waals surface area contributed by atoms with Crippen LogP contribution in [0, 0.1) is 0 Å². The summed E-state index contributed by atoms with van der Waals surface area (Å²) in [5.74, 6) is 0.203. The lowest BCUT2D eigenvalue weighted by Gasteiger charge is -2.01. The van der Waals surface area contributed by atoms with Gasteiger partial charge in [0.05, 0.1) is 0 Å². The first-order valence-corrected chi connectivity index (χ1v) is 7.08. The zero-order valence-corrected chi connectivity index (χ0v) is 12.4. The SMILES string of the molecule is CC.CC.CCCCCCCC(=O)NCC. The van der Waals surface area contributed by atoms with Gasteiger partial charge in [-0.1, -0.05) is 60.3 Å². The molecule has 0 aromatic heterocycles. The molecule has 1 N–H and O–H groups in total. The van der Waals surface area contributed by atoms with Gasteiger partial charge in [-0.15, -0.1) is 0 Å². The summed E-state index contributed by atoms with van der Waals surface area (Å²) in [6.07, 6.45) is 6.79. The second-order valence-electron chi connectivity index (χ2n) is 3.12. The summed E-state index contributed by atoms with van der Waals surface area (Å²) >= 11 is 0. The molecule has 0 saturated heterocycles. The van der Waals surface area contributed by atoms with Crippen molar-refractivity contribution in [2.75, 3.05) is 6.54 Å². The molecule has 0 heterocycles. The van der Waals surface area contributed by atoms with Crippen molar-refractivity contribution in [3.63, 3.8) is 0 Å². The Hall–Kier alpha value is -0.530. The van der Waals surface area contributed by atoms with Gasteiger partial charge in [-0.05, 0) is 13.3 Å². The van der Waals surface area contributed by atoms with Crippen molar-refractivity contribution in [2.24, 2.45) is 0 Å². The van der Waals surface area contributed by atoms with Crippen LogP contribution >= 0.6 is 0 Å². The summed E-state index contributed by atoms with van der Waals surface area (Å²) in [7, 11) is 0. The van der Waals surface area contributed by atoms with Crippen LogP contribution in [0.3, 0.4) is 0 Å². The first kappa shape index (κ1) is 20.8. The quantitative estimate of drug-likeness (QED) is 0.641. The van der Waals surface area contributed by atoms with Crippen LogP contribution in [-0.4, -0.2) is 12.5 Å². The molecule has 0 aliphatic heterocycles. The van der Waals surface area contributed by atoms with Crippen LogP contribution in [0.2, 0.25) is 0 Å². The highest BCUT2D eigenvalue weighted by Crippen LogP contribution is 2.04. The average Bonchev–Trinajstić information content (AvgIpc) is 2.34. The number of rotatable bonds is 7. The van der Waals surface area contributed by atoms with E-state index in [4.69, 9.17) is 0 Å². The molecule has 0 aromatic carbocycles. The smallest absolute Gasteiger partial charge is 0.219 e. The van der Waals surface area contributed by atoms with Crippen molar-refractivity contribution in [3.05, 3.63) is 0 Å². The molecule has 0 spiro atoms. The molecular weight excluding hydrogens is 198 g/mol. The Morgan fingerprint density at radius 2 is 1.38 bits per heavy atom. The standard InChI is InChI=1S/C10H21NO.2C2H6/c1-3-5-6-7-8-9-10(12)11-4-2;2*1-2/h3-9H2,1-2H3,(H,11,12);2*1-2H3. The molecular formula is C14H33NO. The Balaban J connectivity index is -0.000000376. The Morgan fingerprint density at radius 1 is 0.875 bits per heavy atom. The zero-order valence-electron chi connectivity index (χ0n) is 12.4. The highest BCUT2D eigenvalue weighted by Gasteiger charge is 1.97. The van der Waals surface area contributed by atoms with Crippen molar-refractivity contribution in [3.8, 4) is 0 Å². The van der Waals surface area contributed by atoms with Crippen LogP contribution in [0.25, 0.3) is 0 Å². The van der Waals surface area contributed by atoms with Crippen molar-refractivity contribution in [1.82, 2.24) is 5.32 Å². The van der Waals surface area contributed by atoms with Gasteiger partial charge in [0.25, 0.3) is 0 Å². The third-order valence-corrected chi connectivity index (χ3v) is 1.88. The summed E-state index contributed by atoms with van der Waals surface area (Å²) < 4.78 is 0. The Kier molecular flexibility index (Phi) is 31.2. The lowest BCUT2D eigenvalue weighted by Crippen LogP contribution is -2.21. The molecule has 0 rings (SSSR count). The molecule has 2 heteroatoms. The molecule has 0 aliphatic carbocycles. The summed E-state index contributed by atoms with van der Waals surface area (Å²) in [4.78, 5) is 11.0. The van der Waals surface area contributed by atoms with Gasteiger partial charge >= 0.3 is 0 Å². The summed E-state index contributed by atoms with van der Waals surface area (Å²) in [6.45, 7) is 12.9. The zero-order chi connectivity index (χ0) is 13.2. The second-order valence-corrected chi connectivity index (χ2v) is 3.12. The molecule has 100 valence electrons. The van der Waals surface area contributed by atoms with Crippen LogP contribution in [0.4, 0.5) is 0 Å². The van der Waals surface area contributed by atoms with Gasteiger partial charge in [0.2, 0.25) is 5.91 Å². The molecule has 16 heavy (non-hydrogen) atoms. The topological polar surface area (TPSA) is 29.1 Å². The first-order chi connectivity index (χ1) is 7.81. The molecule has 2 nitrogen and oxygen atoms in total. The van der Waals surface area contributed by atoms with E-state index in [0.29, 0.717) is 6.42 Å². The Bertz CT molecular complexity index is 113. The minimum atomic E-state index is 0.203. The van der Waals surface area contributed by atoms with E-state index in [1.165, 1.54) is 25.7 Å². The first-order valence-electron chi connectivity index (χ1n) is 7.08. The van der Waals surface area contributed by atoms with E-state index in [0.717, 1.165) is 13.0 Å². The van der Waals surface area contributed by atoms with Crippen molar-refractivity contribution in [1.29, 1.82) is 0 Å². The second kappa shape index (κ2) is 24.0. The number of hydrogen-bond donors (Lipinski definition) is 1. The van der Waals surface area contributed by atoms with E-state index in [1.807, 2.05) is 34.6 Å². The fourth-order valence-electron chi connectivity index (χ4n) is 1.17. The van der Waals surface area contributed by atoms with Gasteiger partial charge < -0.3 is 5.32 Å². The maximum Gasteiger partial charge on any atom is 0.219 e. The third-order valence-electron chi connectivity index (χ3n) is 1.88. The van der Waals surface area contributed by atoms with Gasteiger partial charge in [-0.3, -0.25) is 4.79 Å². The van der Waals surface area contributed by atoms with E-state index < -0.39 is 0 Å². The molecule has 0 atom stereocenters. The van der Waals surface area contributed by atoms with Crippen molar-refractivity contribution in [2.45, 2.75) is 80.1 Å². The molecule has 0 aliphatic rings. The third kappa shape index (κ3) is 23.4. The normalized spacial score (nSPS) is 8.12. The number of unbranched alkanes of at least 4 members (excludes halogenated alkanes) is 4. The van der Waals surface area contributed by atoms with Crippen LogP contribution in [-0.2, 0) is 4.79 Å². The Morgan fingerprint density at radius 3 is 1.81 bits per heavy atom.